The molecule has 0 saturated heterocycles. The molecule has 0 fully saturated rings. The Kier molecular flexibility index (Phi) is 2.69. The maximum Gasteiger partial charge on any atom is 0.0181 e. The molecule has 0 radical (unpaired) electrons. The summed E-state index contributed by atoms with van der Waals surface area (Å²) in [6.45, 7) is 1.03. The fourth-order valence-corrected chi connectivity index (χ4v) is 1.99. The predicted octanol–water partition coefficient (Wildman–Crippen LogP) is 2.65. The van der Waals surface area contributed by atoms with Crippen molar-refractivity contribution >= 4 is 15.9 Å². The zero-order chi connectivity index (χ0) is 9.10. The zero-order valence-electron chi connectivity index (χ0n) is 7.39. The van der Waals surface area contributed by atoms with Crippen LogP contribution in [0.2, 0.25) is 0 Å². The minimum absolute atomic E-state index is 1.03. The number of hydrogen-bond donors (Lipinski definition) is 1. The van der Waals surface area contributed by atoms with Gasteiger partial charge in [0.05, 0.1) is 0 Å². The second-order valence-electron chi connectivity index (χ2n) is 3.22. The molecule has 0 aromatic heterocycles. The van der Waals surface area contributed by atoms with Gasteiger partial charge in [-0.05, 0) is 42.3 Å². The molecule has 13 heavy (non-hydrogen) atoms. The van der Waals surface area contributed by atoms with Gasteiger partial charge < -0.3 is 5.32 Å². The molecule has 1 N–H and O–H groups in total. The van der Waals surface area contributed by atoms with Crippen LogP contribution in [0, 0.1) is 0 Å². The van der Waals surface area contributed by atoms with Crippen molar-refractivity contribution < 1.29 is 0 Å². The van der Waals surface area contributed by atoms with Crippen LogP contribution in [0.15, 0.2) is 34.9 Å². The molecule has 68 valence electrons. The zero-order valence-corrected chi connectivity index (χ0v) is 8.97. The maximum absolute atomic E-state index is 3.50. The Bertz CT molecular complexity index is 331. The monoisotopic (exact) mass is 237 g/mol. The molecule has 2 heteroatoms. The van der Waals surface area contributed by atoms with Crippen LogP contribution < -0.4 is 5.32 Å². The average molecular weight is 238 g/mol. The van der Waals surface area contributed by atoms with Crippen molar-refractivity contribution in [3.63, 3.8) is 0 Å². The van der Waals surface area contributed by atoms with E-state index in [0.717, 1.165) is 19.4 Å². The number of fused-ring (bicyclic) bond motifs is 1. The SMILES string of the molecule is Brc1ccc2c(c1)CCN/C=C\C2. The van der Waals surface area contributed by atoms with Crippen molar-refractivity contribution in [2.75, 3.05) is 6.54 Å². The molecule has 0 aliphatic carbocycles. The van der Waals surface area contributed by atoms with Crippen molar-refractivity contribution in [3.05, 3.63) is 46.1 Å². The Morgan fingerprint density at radius 1 is 1.23 bits per heavy atom. The third-order valence-electron chi connectivity index (χ3n) is 2.28. The van der Waals surface area contributed by atoms with Crippen LogP contribution in [0.25, 0.3) is 0 Å². The molecule has 0 unspecified atom stereocenters. The highest BCUT2D eigenvalue weighted by atomic mass is 79.9. The van der Waals surface area contributed by atoms with Crippen molar-refractivity contribution in [2.45, 2.75) is 12.8 Å². The minimum Gasteiger partial charge on any atom is -0.391 e. The first-order chi connectivity index (χ1) is 6.36. The molecule has 0 saturated carbocycles. The van der Waals surface area contributed by atoms with Crippen LogP contribution in [-0.4, -0.2) is 6.54 Å². The molecule has 0 spiro atoms. The van der Waals surface area contributed by atoms with E-state index in [9.17, 15) is 0 Å². The molecule has 0 atom stereocenters. The highest BCUT2D eigenvalue weighted by molar-refractivity contribution is 9.10. The van der Waals surface area contributed by atoms with Gasteiger partial charge in [0.25, 0.3) is 0 Å². The number of benzene rings is 1. The summed E-state index contributed by atoms with van der Waals surface area (Å²) in [5.41, 5.74) is 2.90. The molecule has 1 nitrogen and oxygen atoms in total. The third kappa shape index (κ3) is 2.13. The molecule has 0 bridgehead atoms. The van der Waals surface area contributed by atoms with Gasteiger partial charge in [-0.25, -0.2) is 0 Å². The lowest BCUT2D eigenvalue weighted by Gasteiger charge is -2.11. The second-order valence-corrected chi connectivity index (χ2v) is 4.14. The summed E-state index contributed by atoms with van der Waals surface area (Å²) in [6.07, 6.45) is 6.37. The molecular weight excluding hydrogens is 226 g/mol. The Labute approximate surface area is 87.0 Å². The van der Waals surface area contributed by atoms with E-state index in [2.05, 4.69) is 45.5 Å². The highest BCUT2D eigenvalue weighted by Crippen LogP contribution is 2.18. The first-order valence-corrected chi connectivity index (χ1v) is 5.31. The van der Waals surface area contributed by atoms with Gasteiger partial charge in [0.15, 0.2) is 0 Å². The lowest BCUT2D eigenvalue weighted by Crippen LogP contribution is -2.13. The van der Waals surface area contributed by atoms with Gasteiger partial charge in [-0.1, -0.05) is 28.1 Å². The first kappa shape index (κ1) is 8.82. The topological polar surface area (TPSA) is 12.0 Å². The molecule has 1 aliphatic rings. The molecule has 2 rings (SSSR count). The first-order valence-electron chi connectivity index (χ1n) is 4.52. The van der Waals surface area contributed by atoms with E-state index in [1.807, 2.05) is 6.20 Å². The Morgan fingerprint density at radius 2 is 2.15 bits per heavy atom. The summed E-state index contributed by atoms with van der Waals surface area (Å²) in [4.78, 5) is 0. The lowest BCUT2D eigenvalue weighted by atomic mass is 10.0. The third-order valence-corrected chi connectivity index (χ3v) is 2.77. The second kappa shape index (κ2) is 3.97. The fourth-order valence-electron chi connectivity index (χ4n) is 1.59. The molecule has 1 heterocycles. The van der Waals surface area contributed by atoms with Gasteiger partial charge in [0.2, 0.25) is 0 Å². The maximum atomic E-state index is 3.50. The van der Waals surface area contributed by atoms with Crippen LogP contribution in [-0.2, 0) is 12.8 Å². The Hall–Kier alpha value is -0.760. The van der Waals surface area contributed by atoms with E-state index in [1.54, 1.807) is 0 Å². The van der Waals surface area contributed by atoms with E-state index < -0.39 is 0 Å². The van der Waals surface area contributed by atoms with E-state index >= 15 is 0 Å². The summed E-state index contributed by atoms with van der Waals surface area (Å²) >= 11 is 3.50. The van der Waals surface area contributed by atoms with E-state index in [-0.39, 0.29) is 0 Å². The van der Waals surface area contributed by atoms with Crippen molar-refractivity contribution in [2.24, 2.45) is 0 Å². The number of allylic oxidation sites excluding steroid dienone is 1. The summed E-state index contributed by atoms with van der Waals surface area (Å²) in [7, 11) is 0. The largest absolute Gasteiger partial charge is 0.391 e. The quantitative estimate of drug-likeness (QED) is 0.732. The van der Waals surface area contributed by atoms with Crippen molar-refractivity contribution in [1.82, 2.24) is 5.32 Å². The van der Waals surface area contributed by atoms with Gasteiger partial charge in [-0.2, -0.15) is 0 Å². The lowest BCUT2D eigenvalue weighted by molar-refractivity contribution is 0.811. The molecule has 1 aromatic rings. The summed E-state index contributed by atoms with van der Waals surface area (Å²) in [5, 5.41) is 3.25. The van der Waals surface area contributed by atoms with Crippen LogP contribution in [0.1, 0.15) is 11.1 Å². The predicted molar refractivity (Wildman–Crippen MR) is 58.7 cm³/mol. The van der Waals surface area contributed by atoms with Crippen LogP contribution in [0.5, 0.6) is 0 Å². The standard InChI is InChI=1S/C11H12BrN/c12-11-4-3-9-2-1-6-13-7-5-10(9)8-11/h1,3-4,6,8,13H,2,5,7H2/b6-1-. The Morgan fingerprint density at radius 3 is 3.08 bits per heavy atom. The van der Waals surface area contributed by atoms with Crippen LogP contribution in [0.3, 0.4) is 0 Å². The van der Waals surface area contributed by atoms with Gasteiger partial charge >= 0.3 is 0 Å². The molecule has 1 aromatic carbocycles. The normalized spacial score (nSPS) is 17.9. The van der Waals surface area contributed by atoms with Gasteiger partial charge in [0, 0.05) is 11.0 Å². The number of rotatable bonds is 0. The number of halogens is 1. The van der Waals surface area contributed by atoms with Gasteiger partial charge in [-0.3, -0.25) is 0 Å². The average Bonchev–Trinajstić information content (AvgIpc) is 2.08. The smallest absolute Gasteiger partial charge is 0.0181 e. The van der Waals surface area contributed by atoms with Gasteiger partial charge in [0.1, 0.15) is 0 Å². The van der Waals surface area contributed by atoms with E-state index in [1.165, 1.54) is 15.6 Å². The molecule has 1 aliphatic heterocycles. The summed E-state index contributed by atoms with van der Waals surface area (Å²) in [6, 6.07) is 6.53. The van der Waals surface area contributed by atoms with E-state index in [4.69, 9.17) is 0 Å². The number of nitrogens with one attached hydrogen (secondary N) is 1. The van der Waals surface area contributed by atoms with Crippen molar-refractivity contribution in [3.8, 4) is 0 Å². The highest BCUT2D eigenvalue weighted by Gasteiger charge is 2.03. The fraction of sp³-hybridized carbons (Fsp3) is 0.273. The van der Waals surface area contributed by atoms with Crippen molar-refractivity contribution in [1.29, 1.82) is 0 Å². The number of hydrogen-bond acceptors (Lipinski definition) is 1. The Balaban J connectivity index is 2.35. The van der Waals surface area contributed by atoms with E-state index in [0.29, 0.717) is 0 Å². The summed E-state index contributed by atoms with van der Waals surface area (Å²) in [5.74, 6) is 0. The molecular formula is C11H12BrN. The minimum atomic E-state index is 1.03. The van der Waals surface area contributed by atoms with Crippen LogP contribution >= 0.6 is 15.9 Å². The van der Waals surface area contributed by atoms with Crippen LogP contribution in [0.4, 0.5) is 0 Å². The summed E-state index contributed by atoms with van der Waals surface area (Å²) < 4.78 is 1.18. The van der Waals surface area contributed by atoms with Gasteiger partial charge in [-0.15, -0.1) is 0 Å². The molecule has 0 amide bonds.